The summed E-state index contributed by atoms with van der Waals surface area (Å²) < 4.78 is 0. The Hall–Kier alpha value is -0.300. The molecule has 4 rings (SSSR count). The molecule has 118 valence electrons. The molecule has 0 aromatic carbocycles. The van der Waals surface area contributed by atoms with Crippen molar-refractivity contribution in [2.45, 2.75) is 78.2 Å². The van der Waals surface area contributed by atoms with Crippen LogP contribution in [0.15, 0.2) is 11.6 Å². The SMILES string of the molecule is CC1CCC2C3CC=C4CC(O)CCC4(C)C3CCC12C. The molecule has 0 amide bonds. The minimum absolute atomic E-state index is 0.0683. The third-order valence-corrected chi connectivity index (χ3v) is 8.55. The van der Waals surface area contributed by atoms with Gasteiger partial charge in [0.05, 0.1) is 6.10 Å². The van der Waals surface area contributed by atoms with Crippen molar-refractivity contribution in [3.8, 4) is 0 Å². The van der Waals surface area contributed by atoms with Gasteiger partial charge >= 0.3 is 0 Å². The first kappa shape index (κ1) is 14.3. The standard InChI is InChI=1S/C20H32O/c1-13-4-7-17-16-6-5-14-12-15(21)8-10-20(14,3)18(16)9-11-19(13,17)2/h5,13,15-18,21H,4,6-12H2,1-3H3. The number of aliphatic hydroxyl groups excluding tert-OH is 1. The van der Waals surface area contributed by atoms with Gasteiger partial charge in [-0.25, -0.2) is 0 Å². The van der Waals surface area contributed by atoms with Crippen LogP contribution in [-0.2, 0) is 0 Å². The number of rotatable bonds is 0. The lowest BCUT2D eigenvalue weighted by Gasteiger charge is -2.58. The summed E-state index contributed by atoms with van der Waals surface area (Å²) in [6.45, 7) is 7.63. The van der Waals surface area contributed by atoms with Gasteiger partial charge in [-0.1, -0.05) is 32.4 Å². The van der Waals surface area contributed by atoms with E-state index in [2.05, 4.69) is 26.8 Å². The fraction of sp³-hybridized carbons (Fsp3) is 0.900. The molecule has 21 heavy (non-hydrogen) atoms. The van der Waals surface area contributed by atoms with E-state index < -0.39 is 0 Å². The Kier molecular flexibility index (Phi) is 3.13. The van der Waals surface area contributed by atoms with E-state index in [0.29, 0.717) is 10.8 Å². The van der Waals surface area contributed by atoms with E-state index in [1.165, 1.54) is 38.5 Å². The van der Waals surface area contributed by atoms with Gasteiger partial charge in [0.25, 0.3) is 0 Å². The van der Waals surface area contributed by atoms with E-state index in [1.54, 1.807) is 5.57 Å². The lowest BCUT2D eigenvalue weighted by atomic mass is 9.47. The number of allylic oxidation sites excluding steroid dienone is 1. The summed E-state index contributed by atoms with van der Waals surface area (Å²) in [5.74, 6) is 3.72. The van der Waals surface area contributed by atoms with Gasteiger partial charge in [0, 0.05) is 0 Å². The van der Waals surface area contributed by atoms with Crippen LogP contribution in [0.3, 0.4) is 0 Å². The normalized spacial score (nSPS) is 56.2. The fourth-order valence-electron chi connectivity index (χ4n) is 6.90. The first-order valence-corrected chi connectivity index (χ1v) is 9.33. The number of fused-ring (bicyclic) bond motifs is 5. The Morgan fingerprint density at radius 2 is 1.86 bits per heavy atom. The molecule has 0 spiro atoms. The van der Waals surface area contributed by atoms with Gasteiger partial charge in [-0.05, 0) is 85.9 Å². The van der Waals surface area contributed by atoms with Gasteiger partial charge in [0.15, 0.2) is 0 Å². The smallest absolute Gasteiger partial charge is 0.0577 e. The number of hydrogen-bond acceptors (Lipinski definition) is 1. The van der Waals surface area contributed by atoms with E-state index in [0.717, 1.165) is 36.5 Å². The van der Waals surface area contributed by atoms with Crippen molar-refractivity contribution < 1.29 is 5.11 Å². The first-order chi connectivity index (χ1) is 9.95. The summed E-state index contributed by atoms with van der Waals surface area (Å²) in [4.78, 5) is 0. The molecule has 0 saturated heterocycles. The predicted molar refractivity (Wildman–Crippen MR) is 86.9 cm³/mol. The van der Waals surface area contributed by atoms with Crippen molar-refractivity contribution in [1.29, 1.82) is 0 Å². The Labute approximate surface area is 130 Å². The zero-order valence-electron chi connectivity index (χ0n) is 14.1. The highest BCUT2D eigenvalue weighted by atomic mass is 16.3. The van der Waals surface area contributed by atoms with Crippen LogP contribution in [0.1, 0.15) is 72.1 Å². The molecule has 4 aliphatic carbocycles. The van der Waals surface area contributed by atoms with Crippen molar-refractivity contribution in [1.82, 2.24) is 0 Å². The molecule has 0 aromatic rings. The van der Waals surface area contributed by atoms with Gasteiger partial charge in [-0.2, -0.15) is 0 Å². The third-order valence-electron chi connectivity index (χ3n) is 8.55. The van der Waals surface area contributed by atoms with Gasteiger partial charge in [-0.15, -0.1) is 0 Å². The Morgan fingerprint density at radius 1 is 1.05 bits per heavy atom. The molecule has 0 heterocycles. The van der Waals surface area contributed by atoms with Crippen molar-refractivity contribution in [2.75, 3.05) is 0 Å². The molecule has 1 nitrogen and oxygen atoms in total. The quantitative estimate of drug-likeness (QED) is 0.626. The summed E-state index contributed by atoms with van der Waals surface area (Å²) in [6, 6.07) is 0. The van der Waals surface area contributed by atoms with Crippen molar-refractivity contribution in [3.05, 3.63) is 11.6 Å². The Balaban J connectivity index is 1.68. The highest BCUT2D eigenvalue weighted by molar-refractivity contribution is 5.25. The molecule has 0 aromatic heterocycles. The molecule has 7 unspecified atom stereocenters. The number of hydrogen-bond donors (Lipinski definition) is 1. The minimum atomic E-state index is -0.0683. The summed E-state index contributed by atoms with van der Waals surface area (Å²) in [7, 11) is 0. The van der Waals surface area contributed by atoms with Crippen molar-refractivity contribution in [2.24, 2.45) is 34.5 Å². The summed E-state index contributed by atoms with van der Waals surface area (Å²) in [6.07, 6.45) is 12.8. The second kappa shape index (κ2) is 4.60. The maximum atomic E-state index is 10.0. The first-order valence-electron chi connectivity index (χ1n) is 9.33. The molecule has 1 heteroatoms. The second-order valence-corrected chi connectivity index (χ2v) is 9.18. The van der Waals surface area contributed by atoms with Crippen molar-refractivity contribution >= 4 is 0 Å². The van der Waals surface area contributed by atoms with E-state index in [9.17, 15) is 5.11 Å². The van der Waals surface area contributed by atoms with E-state index in [-0.39, 0.29) is 6.10 Å². The zero-order valence-corrected chi connectivity index (χ0v) is 14.1. The minimum Gasteiger partial charge on any atom is -0.393 e. The van der Waals surface area contributed by atoms with Gasteiger partial charge in [0.1, 0.15) is 0 Å². The van der Waals surface area contributed by atoms with Gasteiger partial charge < -0.3 is 5.11 Å². The number of aliphatic hydroxyl groups is 1. The lowest BCUT2D eigenvalue weighted by molar-refractivity contribution is -0.0474. The summed E-state index contributed by atoms with van der Waals surface area (Å²) in [5, 5.41) is 10.0. The summed E-state index contributed by atoms with van der Waals surface area (Å²) in [5.41, 5.74) is 2.64. The molecular formula is C20H32O. The predicted octanol–water partition coefficient (Wildman–Crippen LogP) is 4.95. The second-order valence-electron chi connectivity index (χ2n) is 9.18. The average Bonchev–Trinajstić information content (AvgIpc) is 2.76. The van der Waals surface area contributed by atoms with Gasteiger partial charge in [0.2, 0.25) is 0 Å². The highest BCUT2D eigenvalue weighted by Gasteiger charge is 2.57. The molecule has 3 fully saturated rings. The molecule has 0 radical (unpaired) electrons. The van der Waals surface area contributed by atoms with Crippen LogP contribution in [0, 0.1) is 34.5 Å². The average molecular weight is 288 g/mol. The van der Waals surface area contributed by atoms with E-state index in [1.807, 2.05) is 0 Å². The van der Waals surface area contributed by atoms with E-state index >= 15 is 0 Å². The van der Waals surface area contributed by atoms with Crippen LogP contribution < -0.4 is 0 Å². The summed E-state index contributed by atoms with van der Waals surface area (Å²) >= 11 is 0. The van der Waals surface area contributed by atoms with Crippen LogP contribution in [-0.4, -0.2) is 11.2 Å². The van der Waals surface area contributed by atoms with Crippen LogP contribution in [0.4, 0.5) is 0 Å². The Morgan fingerprint density at radius 3 is 2.67 bits per heavy atom. The zero-order chi connectivity index (χ0) is 14.8. The maximum Gasteiger partial charge on any atom is 0.0577 e. The maximum absolute atomic E-state index is 10.0. The van der Waals surface area contributed by atoms with Crippen LogP contribution in [0.5, 0.6) is 0 Å². The monoisotopic (exact) mass is 288 g/mol. The van der Waals surface area contributed by atoms with Crippen molar-refractivity contribution in [3.63, 3.8) is 0 Å². The van der Waals surface area contributed by atoms with Crippen LogP contribution in [0.25, 0.3) is 0 Å². The van der Waals surface area contributed by atoms with E-state index in [4.69, 9.17) is 0 Å². The molecule has 0 aliphatic heterocycles. The largest absolute Gasteiger partial charge is 0.393 e. The highest BCUT2D eigenvalue weighted by Crippen LogP contribution is 2.66. The molecule has 4 aliphatic rings. The topological polar surface area (TPSA) is 20.2 Å². The van der Waals surface area contributed by atoms with Crippen LogP contribution >= 0.6 is 0 Å². The molecule has 7 atom stereocenters. The fourth-order valence-corrected chi connectivity index (χ4v) is 6.90. The Bertz CT molecular complexity index is 466. The molecule has 3 saturated carbocycles. The van der Waals surface area contributed by atoms with Gasteiger partial charge in [-0.3, -0.25) is 0 Å². The molecular weight excluding hydrogens is 256 g/mol. The van der Waals surface area contributed by atoms with Crippen LogP contribution in [0.2, 0.25) is 0 Å². The molecule has 0 bridgehead atoms. The third kappa shape index (κ3) is 1.85. The molecule has 1 N–H and O–H groups in total. The lowest BCUT2D eigenvalue weighted by Crippen LogP contribution is -2.50.